The lowest BCUT2D eigenvalue weighted by molar-refractivity contribution is -0.384. The van der Waals surface area contributed by atoms with E-state index in [2.05, 4.69) is 15.5 Å². The van der Waals surface area contributed by atoms with E-state index < -0.39 is 4.92 Å². The molecule has 8 nitrogen and oxygen atoms in total. The Morgan fingerprint density at radius 2 is 1.58 bits per heavy atom. The van der Waals surface area contributed by atoms with Crippen LogP contribution in [0.5, 0.6) is 0 Å². The Morgan fingerprint density at radius 1 is 0.935 bits per heavy atom. The first-order valence-corrected chi connectivity index (χ1v) is 10.3. The van der Waals surface area contributed by atoms with Crippen molar-refractivity contribution in [3.05, 3.63) is 95.0 Å². The highest BCUT2D eigenvalue weighted by Gasteiger charge is 2.18. The molecule has 9 heteroatoms. The molecule has 1 heterocycles. The first-order chi connectivity index (χ1) is 15.1. The molecule has 0 unspecified atom stereocenters. The molecule has 1 N–H and O–H groups in total. The molecule has 0 saturated carbocycles. The number of carbonyl (C=O) groups excluding carboxylic acids is 1. The normalized spacial score (nSPS) is 10.6. The predicted molar refractivity (Wildman–Crippen MR) is 119 cm³/mol. The van der Waals surface area contributed by atoms with Crippen LogP contribution in [-0.4, -0.2) is 31.3 Å². The topological polar surface area (TPSA) is 103 Å². The smallest absolute Gasteiger partial charge is 0.269 e. The third-order valence-electron chi connectivity index (χ3n) is 4.37. The summed E-state index contributed by atoms with van der Waals surface area (Å²) in [5, 5.41) is 22.9. The highest BCUT2D eigenvalue weighted by molar-refractivity contribution is 7.99. The molecule has 0 spiro atoms. The van der Waals surface area contributed by atoms with Crippen LogP contribution in [0.4, 0.5) is 11.4 Å². The van der Waals surface area contributed by atoms with Crippen LogP contribution in [0.1, 0.15) is 0 Å². The standard InChI is InChI=1S/C22H17N5O3S/c28-20(23-17-7-3-1-4-8-17)15-31-22-25-24-21(26(22)18-9-5-2-6-10-18)16-11-13-19(14-12-16)27(29)30/h1-14H,15H2,(H,23,28). The summed E-state index contributed by atoms with van der Waals surface area (Å²) in [6, 6.07) is 24.9. The summed E-state index contributed by atoms with van der Waals surface area (Å²) in [6.07, 6.45) is 0. The number of thioether (sulfide) groups is 1. The van der Waals surface area contributed by atoms with Crippen molar-refractivity contribution in [3.63, 3.8) is 0 Å². The lowest BCUT2D eigenvalue weighted by atomic mass is 10.2. The molecule has 0 aliphatic rings. The molecular formula is C22H17N5O3S. The summed E-state index contributed by atoms with van der Waals surface area (Å²) in [7, 11) is 0. The van der Waals surface area contributed by atoms with Gasteiger partial charge in [-0.25, -0.2) is 0 Å². The number of rotatable bonds is 7. The van der Waals surface area contributed by atoms with E-state index in [0.29, 0.717) is 16.5 Å². The van der Waals surface area contributed by atoms with E-state index in [1.54, 1.807) is 12.1 Å². The zero-order chi connectivity index (χ0) is 21.6. The molecule has 0 radical (unpaired) electrons. The maximum absolute atomic E-state index is 12.4. The van der Waals surface area contributed by atoms with Crippen molar-refractivity contribution in [2.45, 2.75) is 5.16 Å². The van der Waals surface area contributed by atoms with Crippen molar-refractivity contribution >= 4 is 29.0 Å². The lowest BCUT2D eigenvalue weighted by Gasteiger charge is -2.10. The van der Waals surface area contributed by atoms with Crippen LogP contribution >= 0.6 is 11.8 Å². The van der Waals surface area contributed by atoms with Gasteiger partial charge in [0.1, 0.15) is 0 Å². The van der Waals surface area contributed by atoms with Gasteiger partial charge in [0.2, 0.25) is 5.91 Å². The van der Waals surface area contributed by atoms with Gasteiger partial charge in [0.15, 0.2) is 11.0 Å². The van der Waals surface area contributed by atoms with Crippen LogP contribution in [-0.2, 0) is 4.79 Å². The number of carbonyl (C=O) groups is 1. The minimum atomic E-state index is -0.446. The van der Waals surface area contributed by atoms with Crippen molar-refractivity contribution in [2.75, 3.05) is 11.1 Å². The second-order valence-corrected chi connectivity index (χ2v) is 7.43. The van der Waals surface area contributed by atoms with Crippen LogP contribution in [0.2, 0.25) is 0 Å². The summed E-state index contributed by atoms with van der Waals surface area (Å²) in [6.45, 7) is 0. The third kappa shape index (κ3) is 4.78. The maximum atomic E-state index is 12.4. The minimum absolute atomic E-state index is 0.00158. The van der Waals surface area contributed by atoms with Crippen molar-refractivity contribution in [1.29, 1.82) is 0 Å². The molecule has 4 aromatic rings. The predicted octanol–water partition coefficient (Wildman–Crippen LogP) is 4.57. The summed E-state index contributed by atoms with van der Waals surface area (Å²) in [4.78, 5) is 22.9. The largest absolute Gasteiger partial charge is 0.325 e. The van der Waals surface area contributed by atoms with Gasteiger partial charge >= 0.3 is 0 Å². The van der Waals surface area contributed by atoms with Crippen LogP contribution in [0.15, 0.2) is 90.1 Å². The fourth-order valence-corrected chi connectivity index (χ4v) is 3.69. The van der Waals surface area contributed by atoms with Gasteiger partial charge in [-0.2, -0.15) is 0 Å². The van der Waals surface area contributed by atoms with E-state index in [1.807, 2.05) is 65.2 Å². The molecule has 0 fully saturated rings. The molecule has 1 aromatic heterocycles. The highest BCUT2D eigenvalue weighted by atomic mass is 32.2. The van der Waals surface area contributed by atoms with E-state index >= 15 is 0 Å². The average molecular weight is 431 g/mol. The number of nitro groups is 1. The van der Waals surface area contributed by atoms with Crippen molar-refractivity contribution in [3.8, 4) is 17.1 Å². The molecular weight excluding hydrogens is 414 g/mol. The molecule has 1 amide bonds. The first kappa shape index (κ1) is 20.3. The molecule has 0 atom stereocenters. The van der Waals surface area contributed by atoms with E-state index in [1.165, 1.54) is 23.9 Å². The number of nitro benzene ring substituents is 1. The van der Waals surface area contributed by atoms with Gasteiger partial charge in [-0.1, -0.05) is 48.2 Å². The Balaban J connectivity index is 1.61. The van der Waals surface area contributed by atoms with Gasteiger partial charge in [0.25, 0.3) is 5.69 Å². The highest BCUT2D eigenvalue weighted by Crippen LogP contribution is 2.29. The Bertz CT molecular complexity index is 1200. The Morgan fingerprint density at radius 3 is 2.23 bits per heavy atom. The van der Waals surface area contributed by atoms with Crippen LogP contribution in [0.3, 0.4) is 0 Å². The van der Waals surface area contributed by atoms with Crippen LogP contribution < -0.4 is 5.32 Å². The summed E-state index contributed by atoms with van der Waals surface area (Å²) in [5.74, 6) is 0.530. The number of non-ortho nitro benzene ring substituents is 1. The van der Waals surface area contributed by atoms with Crippen molar-refractivity contribution < 1.29 is 9.72 Å². The second kappa shape index (κ2) is 9.23. The summed E-state index contributed by atoms with van der Waals surface area (Å²) in [5.41, 5.74) is 2.24. The zero-order valence-corrected chi connectivity index (χ0v) is 17.0. The van der Waals surface area contributed by atoms with Gasteiger partial charge < -0.3 is 5.32 Å². The van der Waals surface area contributed by atoms with Gasteiger partial charge in [-0.15, -0.1) is 10.2 Å². The molecule has 0 aliphatic carbocycles. The van der Waals surface area contributed by atoms with E-state index in [0.717, 1.165) is 11.4 Å². The van der Waals surface area contributed by atoms with Crippen molar-refractivity contribution in [1.82, 2.24) is 14.8 Å². The maximum Gasteiger partial charge on any atom is 0.269 e. The number of para-hydroxylation sites is 2. The lowest BCUT2D eigenvalue weighted by Crippen LogP contribution is -2.14. The minimum Gasteiger partial charge on any atom is -0.325 e. The average Bonchev–Trinajstić information content (AvgIpc) is 3.23. The molecule has 0 aliphatic heterocycles. The molecule has 154 valence electrons. The van der Waals surface area contributed by atoms with Gasteiger partial charge in [0, 0.05) is 29.1 Å². The number of benzene rings is 3. The molecule has 3 aromatic carbocycles. The quantitative estimate of drug-likeness (QED) is 0.261. The van der Waals surface area contributed by atoms with Gasteiger partial charge in [-0.3, -0.25) is 19.5 Å². The second-order valence-electron chi connectivity index (χ2n) is 6.48. The fourth-order valence-electron chi connectivity index (χ4n) is 2.94. The number of amides is 1. The molecule has 31 heavy (non-hydrogen) atoms. The van der Waals surface area contributed by atoms with Crippen molar-refractivity contribution in [2.24, 2.45) is 0 Å². The number of aromatic nitrogens is 3. The molecule has 0 bridgehead atoms. The van der Waals surface area contributed by atoms with Gasteiger partial charge in [-0.05, 0) is 36.4 Å². The van der Waals surface area contributed by atoms with E-state index in [-0.39, 0.29) is 17.3 Å². The molecule has 0 saturated heterocycles. The van der Waals surface area contributed by atoms with Crippen LogP contribution in [0.25, 0.3) is 17.1 Å². The third-order valence-corrected chi connectivity index (χ3v) is 5.30. The Labute approximate surface area is 182 Å². The number of hydrogen-bond donors (Lipinski definition) is 1. The summed E-state index contributed by atoms with van der Waals surface area (Å²) >= 11 is 1.26. The summed E-state index contributed by atoms with van der Waals surface area (Å²) < 4.78 is 1.83. The first-order valence-electron chi connectivity index (χ1n) is 9.35. The number of nitrogens with one attached hydrogen (secondary N) is 1. The number of anilines is 1. The van der Waals surface area contributed by atoms with Gasteiger partial charge in [0.05, 0.1) is 10.7 Å². The van der Waals surface area contributed by atoms with Crippen LogP contribution in [0, 0.1) is 10.1 Å². The Kier molecular flexibility index (Phi) is 6.04. The fraction of sp³-hybridized carbons (Fsp3) is 0.0455. The Hall–Kier alpha value is -3.98. The SMILES string of the molecule is O=C(CSc1nnc(-c2ccc([N+](=O)[O-])cc2)n1-c1ccccc1)Nc1ccccc1. The molecule has 4 rings (SSSR count). The zero-order valence-electron chi connectivity index (χ0n) is 16.2. The van der Waals surface area contributed by atoms with E-state index in [9.17, 15) is 14.9 Å². The monoisotopic (exact) mass is 431 g/mol. The number of nitrogens with zero attached hydrogens (tertiary/aromatic N) is 4. The van der Waals surface area contributed by atoms with E-state index in [4.69, 9.17) is 0 Å². The number of hydrogen-bond acceptors (Lipinski definition) is 6.